The maximum Gasteiger partial charge on any atom is 0.238 e. The van der Waals surface area contributed by atoms with Gasteiger partial charge in [-0.15, -0.1) is 11.8 Å². The molecule has 1 aliphatic heterocycles. The minimum Gasteiger partial charge on any atom is -0.379 e. The number of ether oxygens (including phenoxy) is 1. The number of anilines is 2. The van der Waals surface area contributed by atoms with Gasteiger partial charge in [0.1, 0.15) is 0 Å². The highest BCUT2D eigenvalue weighted by atomic mass is 35.5. The second kappa shape index (κ2) is 10.6. The molecule has 2 amide bonds. The van der Waals surface area contributed by atoms with Crippen molar-refractivity contribution in [3.05, 3.63) is 53.6 Å². The summed E-state index contributed by atoms with van der Waals surface area (Å²) >= 11 is 7.57. The number of carbonyl (C=O) groups is 2. The van der Waals surface area contributed by atoms with E-state index in [-0.39, 0.29) is 17.1 Å². The molecule has 6 nitrogen and oxygen atoms in total. The van der Waals surface area contributed by atoms with Crippen LogP contribution in [0.15, 0.2) is 53.4 Å². The van der Waals surface area contributed by atoms with E-state index in [2.05, 4.69) is 15.5 Å². The van der Waals surface area contributed by atoms with E-state index in [1.165, 1.54) is 11.8 Å². The molecule has 1 unspecified atom stereocenters. The number of benzene rings is 2. The number of hydrogen-bond donors (Lipinski definition) is 2. The second-order valence-corrected chi connectivity index (χ2v) is 8.48. The zero-order valence-electron chi connectivity index (χ0n) is 16.2. The summed E-state index contributed by atoms with van der Waals surface area (Å²) < 4.78 is 5.28. The van der Waals surface area contributed by atoms with Crippen molar-refractivity contribution < 1.29 is 14.3 Å². The number of nitrogens with one attached hydrogen (secondary N) is 2. The van der Waals surface area contributed by atoms with Crippen molar-refractivity contribution >= 4 is 46.6 Å². The molecule has 0 aliphatic carbocycles. The molecule has 3 rings (SSSR count). The zero-order chi connectivity index (χ0) is 20.6. The molecule has 0 saturated carbocycles. The van der Waals surface area contributed by atoms with Gasteiger partial charge in [0, 0.05) is 29.4 Å². The molecule has 1 atom stereocenters. The molecule has 1 saturated heterocycles. The van der Waals surface area contributed by atoms with Crippen LogP contribution in [0.4, 0.5) is 11.4 Å². The molecule has 8 heteroatoms. The molecule has 2 N–H and O–H groups in total. The van der Waals surface area contributed by atoms with Crippen LogP contribution in [0.2, 0.25) is 5.02 Å². The Morgan fingerprint density at radius 2 is 1.69 bits per heavy atom. The standard InChI is InChI=1S/C21H24ClN3O3S/c1-15(29-19-5-3-2-4-18(19)22)21(27)24-17-8-6-16(7-9-17)23-20(26)14-25-10-12-28-13-11-25/h2-9,15H,10-14H2,1H3,(H,23,26)(H,24,27). The highest BCUT2D eigenvalue weighted by Gasteiger charge is 2.17. The Morgan fingerprint density at radius 3 is 2.34 bits per heavy atom. The molecule has 0 bridgehead atoms. The predicted molar refractivity (Wildman–Crippen MR) is 118 cm³/mol. The SMILES string of the molecule is CC(Sc1ccccc1Cl)C(=O)Nc1ccc(NC(=O)CN2CCOCC2)cc1. The van der Waals surface area contributed by atoms with E-state index in [1.54, 1.807) is 30.3 Å². The van der Waals surface area contributed by atoms with Gasteiger partial charge < -0.3 is 15.4 Å². The Kier molecular flexibility index (Phi) is 7.94. The number of nitrogens with zero attached hydrogens (tertiary/aromatic N) is 1. The number of thioether (sulfide) groups is 1. The first-order valence-corrected chi connectivity index (χ1v) is 10.7. The smallest absolute Gasteiger partial charge is 0.238 e. The van der Waals surface area contributed by atoms with Crippen molar-refractivity contribution in [3.63, 3.8) is 0 Å². The van der Waals surface area contributed by atoms with Gasteiger partial charge >= 0.3 is 0 Å². The number of rotatable bonds is 7. The normalized spacial score (nSPS) is 15.5. The lowest BCUT2D eigenvalue weighted by Gasteiger charge is -2.25. The minimum absolute atomic E-state index is 0.0616. The Hall–Kier alpha value is -2.06. The molecule has 0 radical (unpaired) electrons. The predicted octanol–water partition coefficient (Wildman–Crippen LogP) is 3.73. The highest BCUT2D eigenvalue weighted by Crippen LogP contribution is 2.30. The lowest BCUT2D eigenvalue weighted by Crippen LogP contribution is -2.41. The number of morpholine rings is 1. The van der Waals surface area contributed by atoms with Crippen LogP contribution in [0.25, 0.3) is 0 Å². The molecule has 0 spiro atoms. The summed E-state index contributed by atoms with van der Waals surface area (Å²) in [6.07, 6.45) is 0. The van der Waals surface area contributed by atoms with Crippen molar-refractivity contribution in [1.29, 1.82) is 0 Å². The quantitative estimate of drug-likeness (QED) is 0.651. The zero-order valence-corrected chi connectivity index (χ0v) is 17.8. The third-order valence-electron chi connectivity index (χ3n) is 4.42. The monoisotopic (exact) mass is 433 g/mol. The van der Waals surface area contributed by atoms with Crippen LogP contribution in [-0.4, -0.2) is 54.8 Å². The van der Waals surface area contributed by atoms with Gasteiger partial charge in [0.2, 0.25) is 11.8 Å². The summed E-state index contributed by atoms with van der Waals surface area (Å²) in [4.78, 5) is 27.5. The van der Waals surface area contributed by atoms with Gasteiger partial charge in [-0.3, -0.25) is 14.5 Å². The van der Waals surface area contributed by atoms with Crippen LogP contribution in [0.5, 0.6) is 0 Å². The van der Waals surface area contributed by atoms with E-state index in [9.17, 15) is 9.59 Å². The lowest BCUT2D eigenvalue weighted by molar-refractivity contribution is -0.118. The van der Waals surface area contributed by atoms with Gasteiger partial charge in [-0.2, -0.15) is 0 Å². The molecule has 1 fully saturated rings. The first-order valence-electron chi connectivity index (χ1n) is 9.43. The van der Waals surface area contributed by atoms with Gasteiger partial charge in [0.25, 0.3) is 0 Å². The summed E-state index contributed by atoms with van der Waals surface area (Å²) in [6, 6.07) is 14.6. The van der Waals surface area contributed by atoms with E-state index < -0.39 is 0 Å². The number of halogens is 1. The van der Waals surface area contributed by atoms with E-state index in [1.807, 2.05) is 25.1 Å². The molecule has 2 aromatic carbocycles. The van der Waals surface area contributed by atoms with Crippen LogP contribution >= 0.6 is 23.4 Å². The Morgan fingerprint density at radius 1 is 1.07 bits per heavy atom. The van der Waals surface area contributed by atoms with Crippen molar-refractivity contribution in [3.8, 4) is 0 Å². The Bertz CT molecular complexity index is 841. The average molecular weight is 434 g/mol. The first-order chi connectivity index (χ1) is 14.0. The van der Waals surface area contributed by atoms with Gasteiger partial charge in [-0.05, 0) is 43.3 Å². The molecular weight excluding hydrogens is 410 g/mol. The third-order valence-corrected chi connectivity index (χ3v) is 6.04. The highest BCUT2D eigenvalue weighted by molar-refractivity contribution is 8.00. The van der Waals surface area contributed by atoms with Crippen LogP contribution in [-0.2, 0) is 14.3 Å². The molecule has 29 heavy (non-hydrogen) atoms. The summed E-state index contributed by atoms with van der Waals surface area (Å²) in [5.41, 5.74) is 1.37. The Labute approximate surface area is 179 Å². The molecular formula is C21H24ClN3O3S. The summed E-state index contributed by atoms with van der Waals surface area (Å²) in [6.45, 7) is 5.04. The fourth-order valence-electron chi connectivity index (χ4n) is 2.83. The third kappa shape index (κ3) is 6.75. The molecule has 154 valence electrons. The van der Waals surface area contributed by atoms with Crippen LogP contribution in [0, 0.1) is 0 Å². The largest absolute Gasteiger partial charge is 0.379 e. The molecule has 1 heterocycles. The molecule has 1 aliphatic rings. The topological polar surface area (TPSA) is 70.7 Å². The van der Waals surface area contributed by atoms with Crippen LogP contribution in [0.1, 0.15) is 6.92 Å². The van der Waals surface area contributed by atoms with Crippen molar-refractivity contribution in [2.75, 3.05) is 43.5 Å². The number of carbonyl (C=O) groups excluding carboxylic acids is 2. The van der Waals surface area contributed by atoms with Crippen molar-refractivity contribution in [2.24, 2.45) is 0 Å². The maximum absolute atomic E-state index is 12.5. The van der Waals surface area contributed by atoms with E-state index in [4.69, 9.17) is 16.3 Å². The fraction of sp³-hybridized carbons (Fsp3) is 0.333. The van der Waals surface area contributed by atoms with Gasteiger partial charge in [0.05, 0.1) is 30.0 Å². The van der Waals surface area contributed by atoms with Crippen LogP contribution < -0.4 is 10.6 Å². The number of hydrogen-bond acceptors (Lipinski definition) is 5. The molecule has 0 aromatic heterocycles. The summed E-state index contributed by atoms with van der Waals surface area (Å²) in [5.74, 6) is -0.174. The Balaban J connectivity index is 1.48. The van der Waals surface area contributed by atoms with Crippen LogP contribution in [0.3, 0.4) is 0 Å². The number of amides is 2. The first kappa shape index (κ1) is 21.6. The summed E-state index contributed by atoms with van der Waals surface area (Å²) in [5, 5.41) is 6.10. The second-order valence-electron chi connectivity index (χ2n) is 6.69. The van der Waals surface area contributed by atoms with E-state index >= 15 is 0 Å². The van der Waals surface area contributed by atoms with E-state index in [0.29, 0.717) is 36.2 Å². The van der Waals surface area contributed by atoms with Gasteiger partial charge in [-0.25, -0.2) is 0 Å². The van der Waals surface area contributed by atoms with Gasteiger partial charge in [0.15, 0.2) is 0 Å². The molecule has 2 aromatic rings. The lowest BCUT2D eigenvalue weighted by atomic mass is 10.2. The van der Waals surface area contributed by atoms with E-state index in [0.717, 1.165) is 18.0 Å². The fourth-order valence-corrected chi connectivity index (χ4v) is 3.98. The van der Waals surface area contributed by atoms with Crippen molar-refractivity contribution in [2.45, 2.75) is 17.1 Å². The average Bonchev–Trinajstić information content (AvgIpc) is 2.72. The minimum atomic E-state index is -0.303. The summed E-state index contributed by atoms with van der Waals surface area (Å²) in [7, 11) is 0. The maximum atomic E-state index is 12.5. The van der Waals surface area contributed by atoms with Crippen molar-refractivity contribution in [1.82, 2.24) is 4.90 Å². The van der Waals surface area contributed by atoms with Gasteiger partial charge in [-0.1, -0.05) is 23.7 Å².